The Morgan fingerprint density at radius 3 is 2.48 bits per heavy atom. The van der Waals surface area contributed by atoms with Gasteiger partial charge in [0.05, 0.1) is 17.9 Å². The molecule has 3 nitrogen and oxygen atoms in total. The average Bonchev–Trinajstić information content (AvgIpc) is 2.54. The molecule has 1 N–H and O–H groups in total. The summed E-state index contributed by atoms with van der Waals surface area (Å²) >= 11 is 0. The number of likely N-dealkylation sites (tertiary alicyclic amines) is 1. The molecule has 23 heavy (non-hydrogen) atoms. The number of nitrogens with zero attached hydrogens (tertiary/aromatic N) is 1. The minimum atomic E-state index is -0.302. The number of carbonyl (C=O) groups is 1. The monoisotopic (exact) mass is 309 g/mol. The molecule has 120 valence electrons. The van der Waals surface area contributed by atoms with Crippen molar-refractivity contribution in [3.63, 3.8) is 0 Å². The van der Waals surface area contributed by atoms with E-state index < -0.39 is 0 Å². The van der Waals surface area contributed by atoms with E-state index in [1.54, 1.807) is 0 Å². The van der Waals surface area contributed by atoms with Crippen LogP contribution in [-0.4, -0.2) is 35.6 Å². The van der Waals surface area contributed by atoms with E-state index in [1.165, 1.54) is 5.56 Å². The van der Waals surface area contributed by atoms with Crippen LogP contribution in [-0.2, 0) is 10.2 Å². The van der Waals surface area contributed by atoms with Gasteiger partial charge in [0.15, 0.2) is 0 Å². The van der Waals surface area contributed by atoms with Crippen LogP contribution < -0.4 is 0 Å². The third kappa shape index (κ3) is 2.89. The van der Waals surface area contributed by atoms with Gasteiger partial charge >= 0.3 is 0 Å². The number of carbonyl (C=O) groups excluding carboxylic acids is 1. The molecule has 0 radical (unpaired) electrons. The van der Waals surface area contributed by atoms with Crippen LogP contribution in [0.5, 0.6) is 0 Å². The van der Waals surface area contributed by atoms with E-state index in [4.69, 9.17) is 0 Å². The van der Waals surface area contributed by atoms with Crippen molar-refractivity contribution in [2.24, 2.45) is 0 Å². The van der Waals surface area contributed by atoms with Crippen LogP contribution in [0.1, 0.15) is 29.5 Å². The van der Waals surface area contributed by atoms with Gasteiger partial charge in [0, 0.05) is 13.1 Å². The molecule has 1 aliphatic rings. The van der Waals surface area contributed by atoms with Crippen LogP contribution in [0.15, 0.2) is 54.6 Å². The summed E-state index contributed by atoms with van der Waals surface area (Å²) in [6, 6.07) is 18.1. The lowest BCUT2D eigenvalue weighted by Gasteiger charge is -2.50. The van der Waals surface area contributed by atoms with Crippen molar-refractivity contribution in [3.05, 3.63) is 71.3 Å². The van der Waals surface area contributed by atoms with Crippen LogP contribution in [0.25, 0.3) is 0 Å². The molecule has 1 amide bonds. The maximum atomic E-state index is 12.7. The first-order valence-electron chi connectivity index (χ1n) is 8.07. The molecular formula is C20H23NO2. The summed E-state index contributed by atoms with van der Waals surface area (Å²) in [6.07, 6.45) is 0. The summed E-state index contributed by atoms with van der Waals surface area (Å²) in [5, 5.41) is 9.84. The second-order valence-electron chi connectivity index (χ2n) is 6.63. The molecule has 0 spiro atoms. The van der Waals surface area contributed by atoms with E-state index in [9.17, 15) is 9.90 Å². The third-order valence-corrected chi connectivity index (χ3v) is 4.90. The molecule has 1 heterocycles. The van der Waals surface area contributed by atoms with Crippen LogP contribution in [0.4, 0.5) is 0 Å². The van der Waals surface area contributed by atoms with Gasteiger partial charge in [-0.05, 0) is 25.0 Å². The number of hydrogen-bond donors (Lipinski definition) is 1. The Morgan fingerprint density at radius 1 is 1.17 bits per heavy atom. The van der Waals surface area contributed by atoms with Crippen molar-refractivity contribution in [3.8, 4) is 0 Å². The first-order chi connectivity index (χ1) is 11.1. The highest BCUT2D eigenvalue weighted by Gasteiger charge is 2.46. The Morgan fingerprint density at radius 2 is 1.87 bits per heavy atom. The number of benzene rings is 2. The quantitative estimate of drug-likeness (QED) is 0.943. The predicted molar refractivity (Wildman–Crippen MR) is 91.4 cm³/mol. The first-order valence-corrected chi connectivity index (χ1v) is 8.07. The first kappa shape index (κ1) is 15.8. The zero-order chi connectivity index (χ0) is 16.4. The average molecular weight is 309 g/mol. The van der Waals surface area contributed by atoms with Gasteiger partial charge in [0.1, 0.15) is 0 Å². The van der Waals surface area contributed by atoms with Gasteiger partial charge in [-0.2, -0.15) is 0 Å². The highest BCUT2D eigenvalue weighted by molar-refractivity contribution is 5.84. The normalized spacial score (nSPS) is 17.4. The molecule has 3 rings (SSSR count). The van der Waals surface area contributed by atoms with Gasteiger partial charge in [-0.1, -0.05) is 60.2 Å². The Kier molecular flexibility index (Phi) is 4.22. The molecular weight excluding hydrogens is 286 g/mol. The van der Waals surface area contributed by atoms with Crippen LogP contribution >= 0.6 is 0 Å². The number of aryl methyl sites for hydroxylation is 1. The molecule has 1 atom stereocenters. The third-order valence-electron chi connectivity index (χ3n) is 4.90. The van der Waals surface area contributed by atoms with Crippen molar-refractivity contribution in [2.45, 2.75) is 25.2 Å². The lowest BCUT2D eigenvalue weighted by atomic mass is 9.74. The van der Waals surface area contributed by atoms with Crippen molar-refractivity contribution >= 4 is 5.91 Å². The second-order valence-corrected chi connectivity index (χ2v) is 6.63. The molecule has 3 heteroatoms. The summed E-state index contributed by atoms with van der Waals surface area (Å²) in [5.74, 6) is -0.0158. The highest BCUT2D eigenvalue weighted by atomic mass is 16.3. The molecule has 1 fully saturated rings. The van der Waals surface area contributed by atoms with E-state index in [0.717, 1.165) is 11.1 Å². The molecule has 0 aromatic heterocycles. The number of hydrogen-bond acceptors (Lipinski definition) is 2. The lowest BCUT2D eigenvalue weighted by molar-refractivity contribution is -0.141. The number of amides is 1. The summed E-state index contributed by atoms with van der Waals surface area (Å²) in [5.41, 5.74) is 3.02. The largest absolute Gasteiger partial charge is 0.395 e. The lowest BCUT2D eigenvalue weighted by Crippen LogP contribution is -2.63. The van der Waals surface area contributed by atoms with Crippen LogP contribution in [0.3, 0.4) is 0 Å². The maximum Gasteiger partial charge on any atom is 0.229 e. The Hall–Kier alpha value is -2.13. The zero-order valence-corrected chi connectivity index (χ0v) is 13.7. The fourth-order valence-electron chi connectivity index (χ4n) is 3.36. The Bertz CT molecular complexity index is 690. The van der Waals surface area contributed by atoms with E-state index in [0.29, 0.717) is 13.1 Å². The van der Waals surface area contributed by atoms with Gasteiger partial charge in [0.2, 0.25) is 5.91 Å². The predicted octanol–water partition coefficient (Wildman–Crippen LogP) is 2.87. The van der Waals surface area contributed by atoms with Crippen molar-refractivity contribution in [1.29, 1.82) is 0 Å². The molecule has 0 saturated carbocycles. The van der Waals surface area contributed by atoms with Crippen LogP contribution in [0, 0.1) is 6.92 Å². The van der Waals surface area contributed by atoms with E-state index in [2.05, 4.69) is 6.07 Å². The number of aliphatic hydroxyl groups excluding tert-OH is 1. The van der Waals surface area contributed by atoms with Gasteiger partial charge in [-0.3, -0.25) is 4.79 Å². The molecule has 1 saturated heterocycles. The van der Waals surface area contributed by atoms with E-state index >= 15 is 0 Å². The van der Waals surface area contributed by atoms with Gasteiger partial charge in [-0.25, -0.2) is 0 Å². The summed E-state index contributed by atoms with van der Waals surface area (Å²) in [7, 11) is 0. The van der Waals surface area contributed by atoms with Crippen molar-refractivity contribution < 1.29 is 9.90 Å². The summed E-state index contributed by atoms with van der Waals surface area (Å²) in [4.78, 5) is 14.6. The summed E-state index contributed by atoms with van der Waals surface area (Å²) < 4.78 is 0. The zero-order valence-electron chi connectivity index (χ0n) is 13.7. The maximum absolute atomic E-state index is 12.7. The molecule has 0 bridgehead atoms. The Balaban J connectivity index is 1.72. The molecule has 0 aliphatic carbocycles. The van der Waals surface area contributed by atoms with Gasteiger partial charge in [0.25, 0.3) is 0 Å². The molecule has 1 aliphatic heterocycles. The second kappa shape index (κ2) is 6.17. The van der Waals surface area contributed by atoms with E-state index in [1.807, 2.05) is 67.3 Å². The fraction of sp³-hybridized carbons (Fsp3) is 0.350. The van der Waals surface area contributed by atoms with E-state index in [-0.39, 0.29) is 23.8 Å². The Labute approximate surface area is 137 Å². The van der Waals surface area contributed by atoms with Gasteiger partial charge in [-0.15, -0.1) is 0 Å². The minimum Gasteiger partial charge on any atom is -0.395 e. The molecule has 2 aromatic rings. The van der Waals surface area contributed by atoms with Crippen molar-refractivity contribution in [1.82, 2.24) is 4.90 Å². The number of rotatable bonds is 4. The smallest absolute Gasteiger partial charge is 0.229 e. The topological polar surface area (TPSA) is 40.5 Å². The highest BCUT2D eigenvalue weighted by Crippen LogP contribution is 2.36. The van der Waals surface area contributed by atoms with Crippen molar-refractivity contribution in [2.75, 3.05) is 19.7 Å². The van der Waals surface area contributed by atoms with Gasteiger partial charge < -0.3 is 10.0 Å². The van der Waals surface area contributed by atoms with Crippen LogP contribution in [0.2, 0.25) is 0 Å². The SMILES string of the molecule is Cc1cccc(C(C)C(=O)N2CC(CO)(c3ccccc3)C2)c1. The standard InChI is InChI=1S/C20H23NO2/c1-15-7-6-8-17(11-15)16(2)19(23)21-12-20(13-21,14-22)18-9-4-3-5-10-18/h3-11,16,22H,12-14H2,1-2H3. The molecule has 2 aromatic carbocycles. The minimum absolute atomic E-state index is 0.0691. The molecule has 1 unspecified atom stereocenters. The number of aliphatic hydroxyl groups is 1. The fourth-order valence-corrected chi connectivity index (χ4v) is 3.36. The summed E-state index contributed by atoms with van der Waals surface area (Å²) in [6.45, 7) is 5.24.